The van der Waals surface area contributed by atoms with E-state index in [-0.39, 0.29) is 19.1 Å². The van der Waals surface area contributed by atoms with Crippen molar-refractivity contribution in [2.45, 2.75) is 13.5 Å². The monoisotopic (exact) mass is 405 g/mol. The molecule has 0 unspecified atom stereocenters. The van der Waals surface area contributed by atoms with Gasteiger partial charge in [0.25, 0.3) is 5.91 Å². The maximum absolute atomic E-state index is 12.3. The van der Waals surface area contributed by atoms with Crippen molar-refractivity contribution < 1.29 is 23.8 Å². The van der Waals surface area contributed by atoms with E-state index in [0.29, 0.717) is 17.1 Å². The summed E-state index contributed by atoms with van der Waals surface area (Å²) < 4.78 is 16.0. The molecule has 3 rings (SSSR count). The Balaban J connectivity index is 1.47. The molecule has 0 aromatic heterocycles. The number of benzene rings is 3. The number of carbonyl (C=O) groups excluding carboxylic acids is 2. The van der Waals surface area contributed by atoms with Gasteiger partial charge in [-0.25, -0.2) is 4.79 Å². The zero-order chi connectivity index (χ0) is 21.3. The van der Waals surface area contributed by atoms with Crippen LogP contribution in [0.3, 0.4) is 0 Å². The van der Waals surface area contributed by atoms with Crippen molar-refractivity contribution in [2.24, 2.45) is 0 Å². The van der Waals surface area contributed by atoms with Crippen molar-refractivity contribution in [1.82, 2.24) is 0 Å². The van der Waals surface area contributed by atoms with E-state index >= 15 is 0 Å². The first-order chi connectivity index (χ1) is 14.5. The number of hydrogen-bond acceptors (Lipinski definition) is 5. The molecule has 6 nitrogen and oxygen atoms in total. The van der Waals surface area contributed by atoms with Crippen LogP contribution in [0, 0.1) is 6.92 Å². The Morgan fingerprint density at radius 2 is 1.63 bits per heavy atom. The first-order valence-electron chi connectivity index (χ1n) is 9.43. The lowest BCUT2D eigenvalue weighted by atomic mass is 10.1. The summed E-state index contributed by atoms with van der Waals surface area (Å²) in [6.07, 6.45) is 0. The lowest BCUT2D eigenvalue weighted by molar-refractivity contribution is -0.147. The molecule has 0 bridgehead atoms. The summed E-state index contributed by atoms with van der Waals surface area (Å²) in [5.41, 5.74) is 3.05. The van der Waals surface area contributed by atoms with Gasteiger partial charge in [0.05, 0.1) is 7.11 Å². The number of amides is 1. The van der Waals surface area contributed by atoms with Gasteiger partial charge >= 0.3 is 5.97 Å². The van der Waals surface area contributed by atoms with Gasteiger partial charge < -0.3 is 19.5 Å². The molecular weight excluding hydrogens is 382 g/mol. The highest BCUT2D eigenvalue weighted by Crippen LogP contribution is 2.27. The number of para-hydroxylation sites is 1. The average molecular weight is 405 g/mol. The van der Waals surface area contributed by atoms with Gasteiger partial charge in [0.15, 0.2) is 18.1 Å². The Kier molecular flexibility index (Phi) is 7.05. The molecular formula is C24H23NO5. The van der Waals surface area contributed by atoms with Crippen LogP contribution in [0.25, 0.3) is 0 Å². The van der Waals surface area contributed by atoms with Gasteiger partial charge in [-0.2, -0.15) is 0 Å². The Hall–Kier alpha value is -3.80. The Morgan fingerprint density at radius 1 is 0.900 bits per heavy atom. The molecule has 154 valence electrons. The third-order valence-corrected chi connectivity index (χ3v) is 4.31. The van der Waals surface area contributed by atoms with Crippen molar-refractivity contribution in [3.63, 3.8) is 0 Å². The first kappa shape index (κ1) is 20.9. The largest absolute Gasteiger partial charge is 0.493 e. The van der Waals surface area contributed by atoms with E-state index in [1.54, 1.807) is 37.4 Å². The molecule has 1 N–H and O–H groups in total. The molecule has 0 heterocycles. The molecule has 0 spiro atoms. The second-order valence-electron chi connectivity index (χ2n) is 6.62. The first-order valence-corrected chi connectivity index (χ1v) is 9.43. The van der Waals surface area contributed by atoms with E-state index in [1.807, 2.05) is 49.4 Å². The van der Waals surface area contributed by atoms with Gasteiger partial charge in [-0.3, -0.25) is 4.79 Å². The van der Waals surface area contributed by atoms with Crippen LogP contribution in [0.5, 0.6) is 11.5 Å². The molecule has 0 saturated carbocycles. The predicted octanol–water partition coefficient (Wildman–Crippen LogP) is 4.38. The van der Waals surface area contributed by atoms with E-state index in [1.165, 1.54) is 0 Å². The molecule has 0 radical (unpaired) electrons. The average Bonchev–Trinajstić information content (AvgIpc) is 2.77. The number of ether oxygens (including phenoxy) is 3. The number of anilines is 1. The fourth-order valence-electron chi connectivity index (χ4n) is 2.71. The molecule has 3 aromatic rings. The topological polar surface area (TPSA) is 73.9 Å². The number of esters is 1. The van der Waals surface area contributed by atoms with Gasteiger partial charge in [0.2, 0.25) is 0 Å². The van der Waals surface area contributed by atoms with Crippen LogP contribution in [-0.4, -0.2) is 25.6 Å². The third kappa shape index (κ3) is 5.85. The summed E-state index contributed by atoms with van der Waals surface area (Å²) in [6.45, 7) is 1.81. The SMILES string of the molecule is COc1cc(C)ccc1OCC(=O)OCc1ccc(C(=O)Nc2ccccc2)cc1. The van der Waals surface area contributed by atoms with Crippen molar-refractivity contribution in [3.8, 4) is 11.5 Å². The van der Waals surface area contributed by atoms with Crippen LogP contribution in [0.4, 0.5) is 5.69 Å². The van der Waals surface area contributed by atoms with E-state index in [4.69, 9.17) is 14.2 Å². The van der Waals surface area contributed by atoms with E-state index in [0.717, 1.165) is 16.8 Å². The Bertz CT molecular complexity index is 1000. The second kappa shape index (κ2) is 10.1. The van der Waals surface area contributed by atoms with Crippen molar-refractivity contribution >= 4 is 17.6 Å². The predicted molar refractivity (Wildman–Crippen MR) is 114 cm³/mol. The normalized spacial score (nSPS) is 10.2. The van der Waals surface area contributed by atoms with Crippen molar-refractivity contribution in [3.05, 3.63) is 89.5 Å². The quantitative estimate of drug-likeness (QED) is 0.563. The Labute approximate surface area is 175 Å². The minimum atomic E-state index is -0.497. The molecule has 0 atom stereocenters. The number of hydrogen-bond donors (Lipinski definition) is 1. The fourth-order valence-corrected chi connectivity index (χ4v) is 2.71. The lowest BCUT2D eigenvalue weighted by Gasteiger charge is -2.11. The van der Waals surface area contributed by atoms with Gasteiger partial charge in [-0.15, -0.1) is 0 Å². The van der Waals surface area contributed by atoms with Crippen molar-refractivity contribution in [1.29, 1.82) is 0 Å². The second-order valence-corrected chi connectivity index (χ2v) is 6.62. The number of carbonyl (C=O) groups is 2. The van der Waals surface area contributed by atoms with E-state index < -0.39 is 5.97 Å². The highest BCUT2D eigenvalue weighted by atomic mass is 16.6. The zero-order valence-corrected chi connectivity index (χ0v) is 16.9. The van der Waals surface area contributed by atoms with E-state index in [2.05, 4.69) is 5.32 Å². The highest BCUT2D eigenvalue weighted by molar-refractivity contribution is 6.04. The summed E-state index contributed by atoms with van der Waals surface area (Å²) in [4.78, 5) is 24.2. The molecule has 6 heteroatoms. The van der Waals surface area contributed by atoms with Gasteiger partial charge in [-0.1, -0.05) is 36.4 Å². The number of aryl methyl sites for hydroxylation is 1. The lowest BCUT2D eigenvalue weighted by Crippen LogP contribution is -2.15. The molecule has 0 aliphatic rings. The fraction of sp³-hybridized carbons (Fsp3) is 0.167. The summed E-state index contributed by atoms with van der Waals surface area (Å²) in [6, 6.07) is 21.6. The van der Waals surface area contributed by atoms with Crippen LogP contribution in [0.1, 0.15) is 21.5 Å². The molecule has 0 fully saturated rings. The molecule has 30 heavy (non-hydrogen) atoms. The summed E-state index contributed by atoms with van der Waals surface area (Å²) in [7, 11) is 1.55. The highest BCUT2D eigenvalue weighted by Gasteiger charge is 2.10. The number of rotatable bonds is 8. The van der Waals surface area contributed by atoms with Crippen LogP contribution in [-0.2, 0) is 16.1 Å². The molecule has 3 aromatic carbocycles. The number of methoxy groups -OCH3 is 1. The van der Waals surface area contributed by atoms with Crippen LogP contribution >= 0.6 is 0 Å². The maximum Gasteiger partial charge on any atom is 0.344 e. The number of nitrogens with one attached hydrogen (secondary N) is 1. The van der Waals surface area contributed by atoms with E-state index in [9.17, 15) is 9.59 Å². The maximum atomic E-state index is 12.3. The Morgan fingerprint density at radius 3 is 2.33 bits per heavy atom. The van der Waals surface area contributed by atoms with Gasteiger partial charge in [0, 0.05) is 11.3 Å². The standard InChI is InChI=1S/C24H23NO5/c1-17-8-13-21(22(14-17)28-2)29-16-23(26)30-15-18-9-11-19(12-10-18)24(27)25-20-6-4-3-5-7-20/h3-14H,15-16H2,1-2H3,(H,25,27). The van der Waals surface area contributed by atoms with Gasteiger partial charge in [-0.05, 0) is 54.4 Å². The zero-order valence-electron chi connectivity index (χ0n) is 16.9. The van der Waals surface area contributed by atoms with Crippen LogP contribution in [0.2, 0.25) is 0 Å². The minimum absolute atomic E-state index is 0.0911. The third-order valence-electron chi connectivity index (χ3n) is 4.31. The minimum Gasteiger partial charge on any atom is -0.493 e. The summed E-state index contributed by atoms with van der Waals surface area (Å²) in [5.74, 6) is 0.342. The molecule has 0 saturated heterocycles. The molecule has 0 aliphatic carbocycles. The van der Waals surface area contributed by atoms with Crippen molar-refractivity contribution in [2.75, 3.05) is 19.0 Å². The summed E-state index contributed by atoms with van der Waals surface area (Å²) in [5, 5.41) is 2.82. The smallest absolute Gasteiger partial charge is 0.344 e. The van der Waals surface area contributed by atoms with Crippen LogP contribution in [0.15, 0.2) is 72.8 Å². The van der Waals surface area contributed by atoms with Crippen LogP contribution < -0.4 is 14.8 Å². The molecule has 0 aliphatic heterocycles. The summed E-state index contributed by atoms with van der Waals surface area (Å²) >= 11 is 0. The van der Waals surface area contributed by atoms with Gasteiger partial charge in [0.1, 0.15) is 6.61 Å². The molecule has 1 amide bonds.